The van der Waals surface area contributed by atoms with Crippen molar-refractivity contribution in [3.05, 3.63) is 66.0 Å². The number of nitrogens with one attached hydrogen (secondary N) is 1. The van der Waals surface area contributed by atoms with Gasteiger partial charge in [0.05, 0.1) is 11.9 Å². The second kappa shape index (κ2) is 14.2. The summed E-state index contributed by atoms with van der Waals surface area (Å²) in [6.45, 7) is 11.3. The van der Waals surface area contributed by atoms with Crippen LogP contribution < -0.4 is 5.32 Å². The highest BCUT2D eigenvalue weighted by Gasteiger charge is 2.32. The first-order valence-corrected chi connectivity index (χ1v) is 13.5. The lowest BCUT2D eigenvalue weighted by Gasteiger charge is -2.17. The first kappa shape index (κ1) is 30.9. The van der Waals surface area contributed by atoms with Crippen LogP contribution in [0, 0.1) is 11.7 Å². The molecule has 7 nitrogen and oxygen atoms in total. The van der Waals surface area contributed by atoms with E-state index in [-0.39, 0.29) is 23.0 Å². The highest BCUT2D eigenvalue weighted by molar-refractivity contribution is 5.78. The van der Waals surface area contributed by atoms with E-state index in [4.69, 9.17) is 0 Å². The number of anilines is 2. The summed E-state index contributed by atoms with van der Waals surface area (Å²) in [5.74, 6) is 0.530. The van der Waals surface area contributed by atoms with Crippen molar-refractivity contribution in [1.29, 1.82) is 0 Å². The molecule has 11 heteroatoms. The van der Waals surface area contributed by atoms with Gasteiger partial charge in [0.2, 0.25) is 5.82 Å². The number of aromatic nitrogens is 5. The summed E-state index contributed by atoms with van der Waals surface area (Å²) in [6, 6.07) is 6.75. The average Bonchev–Trinajstić information content (AvgIpc) is 3.36. The summed E-state index contributed by atoms with van der Waals surface area (Å²) in [7, 11) is 2.21. The van der Waals surface area contributed by atoms with Crippen LogP contribution in [-0.2, 0) is 12.6 Å². The van der Waals surface area contributed by atoms with E-state index in [1.165, 1.54) is 61.3 Å². The molecular weight excluding hydrogens is 522 g/mol. The number of halogens is 4. The standard InChI is InChI=1S/C19H14F4N6.C10H23N/c1-2-11-7-9-29-16(11)18(26-13-6-8-24-10-12(13)20)27-17(28-29)14-4-3-5-15(25-14)19(21,22)23;1-5-8-11(4)9-7-10(3)6-2/h3-10H,2H2,1H3,(H,24,26,27,28);10H,5-9H2,1-4H3. The highest BCUT2D eigenvalue weighted by Crippen LogP contribution is 2.30. The monoisotopic (exact) mass is 559 g/mol. The molecule has 0 spiro atoms. The van der Waals surface area contributed by atoms with E-state index in [1.54, 1.807) is 6.20 Å². The molecule has 1 unspecified atom stereocenters. The number of rotatable bonds is 10. The van der Waals surface area contributed by atoms with Crippen LogP contribution >= 0.6 is 0 Å². The summed E-state index contributed by atoms with van der Waals surface area (Å²) < 4.78 is 54.7. The Kier molecular flexibility index (Phi) is 10.9. The molecule has 0 bridgehead atoms. The van der Waals surface area contributed by atoms with Gasteiger partial charge in [-0.05, 0) is 75.1 Å². The van der Waals surface area contributed by atoms with Crippen molar-refractivity contribution < 1.29 is 17.6 Å². The van der Waals surface area contributed by atoms with Crippen LogP contribution in [0.25, 0.3) is 17.0 Å². The second-order valence-electron chi connectivity index (χ2n) is 9.76. The molecule has 0 saturated heterocycles. The van der Waals surface area contributed by atoms with Gasteiger partial charge in [-0.1, -0.05) is 40.2 Å². The Balaban J connectivity index is 0.000000342. The zero-order valence-electron chi connectivity index (χ0n) is 23.6. The quantitative estimate of drug-likeness (QED) is 0.204. The van der Waals surface area contributed by atoms with Gasteiger partial charge in [-0.25, -0.2) is 18.9 Å². The third-order valence-electron chi connectivity index (χ3n) is 6.58. The maximum absolute atomic E-state index is 14.1. The Bertz CT molecular complexity index is 1370. The molecule has 40 heavy (non-hydrogen) atoms. The molecule has 0 aliphatic rings. The average molecular weight is 560 g/mol. The molecule has 0 aliphatic heterocycles. The molecule has 0 aliphatic carbocycles. The van der Waals surface area contributed by atoms with E-state index >= 15 is 0 Å². The van der Waals surface area contributed by atoms with Crippen molar-refractivity contribution in [2.24, 2.45) is 5.92 Å². The van der Waals surface area contributed by atoms with Gasteiger partial charge >= 0.3 is 6.18 Å². The van der Waals surface area contributed by atoms with Gasteiger partial charge < -0.3 is 10.2 Å². The minimum Gasteiger partial charge on any atom is -0.336 e. The van der Waals surface area contributed by atoms with Crippen molar-refractivity contribution in [1.82, 2.24) is 29.5 Å². The topological polar surface area (TPSA) is 71.2 Å². The molecule has 4 heterocycles. The molecule has 216 valence electrons. The van der Waals surface area contributed by atoms with Crippen LogP contribution in [0.5, 0.6) is 0 Å². The number of aryl methyl sites for hydroxylation is 1. The Morgan fingerprint density at radius 3 is 2.48 bits per heavy atom. The minimum atomic E-state index is -4.59. The smallest absolute Gasteiger partial charge is 0.336 e. The van der Waals surface area contributed by atoms with Crippen molar-refractivity contribution >= 4 is 17.0 Å². The molecule has 0 aromatic carbocycles. The van der Waals surface area contributed by atoms with E-state index in [9.17, 15) is 17.6 Å². The molecule has 4 rings (SSSR count). The van der Waals surface area contributed by atoms with E-state index in [1.807, 2.05) is 13.0 Å². The molecule has 0 amide bonds. The largest absolute Gasteiger partial charge is 0.433 e. The van der Waals surface area contributed by atoms with Crippen LogP contribution in [0.2, 0.25) is 0 Å². The molecule has 0 saturated carbocycles. The van der Waals surface area contributed by atoms with Crippen LogP contribution in [0.4, 0.5) is 29.1 Å². The number of hydrogen-bond acceptors (Lipinski definition) is 6. The lowest BCUT2D eigenvalue weighted by molar-refractivity contribution is -0.141. The number of pyridine rings is 2. The fraction of sp³-hybridized carbons (Fsp3) is 0.448. The van der Waals surface area contributed by atoms with Gasteiger partial charge in [0.15, 0.2) is 11.6 Å². The summed E-state index contributed by atoms with van der Waals surface area (Å²) in [5.41, 5.74) is 0.526. The summed E-state index contributed by atoms with van der Waals surface area (Å²) in [4.78, 5) is 14.1. The Labute approximate surface area is 232 Å². The maximum atomic E-state index is 14.1. The van der Waals surface area contributed by atoms with Crippen LogP contribution in [0.15, 0.2) is 48.9 Å². The Morgan fingerprint density at radius 2 is 1.82 bits per heavy atom. The van der Waals surface area contributed by atoms with Gasteiger partial charge in [-0.2, -0.15) is 13.2 Å². The molecular formula is C29H37F4N7. The van der Waals surface area contributed by atoms with E-state index < -0.39 is 17.7 Å². The van der Waals surface area contributed by atoms with Crippen molar-refractivity contribution in [3.63, 3.8) is 0 Å². The first-order chi connectivity index (χ1) is 19.1. The maximum Gasteiger partial charge on any atom is 0.433 e. The number of nitrogens with zero attached hydrogens (tertiary/aromatic N) is 6. The van der Waals surface area contributed by atoms with Crippen LogP contribution in [0.3, 0.4) is 0 Å². The third-order valence-corrected chi connectivity index (χ3v) is 6.58. The van der Waals surface area contributed by atoms with Crippen molar-refractivity contribution in [2.45, 2.75) is 59.6 Å². The molecule has 1 atom stereocenters. The second-order valence-corrected chi connectivity index (χ2v) is 9.76. The van der Waals surface area contributed by atoms with Crippen LogP contribution in [0.1, 0.15) is 58.2 Å². The predicted octanol–water partition coefficient (Wildman–Crippen LogP) is 7.41. The Morgan fingerprint density at radius 1 is 1.05 bits per heavy atom. The van der Waals surface area contributed by atoms with Gasteiger partial charge in [0.25, 0.3) is 0 Å². The molecule has 1 N–H and O–H groups in total. The molecule has 0 fully saturated rings. The van der Waals surface area contributed by atoms with Crippen molar-refractivity contribution in [2.75, 3.05) is 25.5 Å². The zero-order chi connectivity index (χ0) is 29.3. The van der Waals surface area contributed by atoms with Gasteiger partial charge in [-0.15, -0.1) is 5.10 Å². The molecule has 4 aromatic rings. The fourth-order valence-corrected chi connectivity index (χ4v) is 4.03. The summed E-state index contributed by atoms with van der Waals surface area (Å²) in [6.07, 6.45) is 4.15. The fourth-order valence-electron chi connectivity index (χ4n) is 4.03. The third kappa shape index (κ3) is 8.20. The Hall–Kier alpha value is -3.60. The predicted molar refractivity (Wildman–Crippen MR) is 150 cm³/mol. The van der Waals surface area contributed by atoms with Crippen LogP contribution in [-0.4, -0.2) is 49.6 Å². The zero-order valence-corrected chi connectivity index (χ0v) is 23.6. The van der Waals surface area contributed by atoms with Crippen molar-refractivity contribution in [3.8, 4) is 11.5 Å². The van der Waals surface area contributed by atoms with E-state index in [2.05, 4.69) is 58.1 Å². The molecule has 0 radical (unpaired) electrons. The van der Waals surface area contributed by atoms with Gasteiger partial charge in [-0.3, -0.25) is 4.98 Å². The lowest BCUT2D eigenvalue weighted by atomic mass is 10.1. The van der Waals surface area contributed by atoms with Gasteiger partial charge in [0.1, 0.15) is 16.9 Å². The first-order valence-electron chi connectivity index (χ1n) is 13.5. The van der Waals surface area contributed by atoms with E-state index in [0.717, 1.165) is 23.7 Å². The molecule has 4 aromatic heterocycles. The highest BCUT2D eigenvalue weighted by atomic mass is 19.4. The number of hydrogen-bond donors (Lipinski definition) is 1. The normalized spacial score (nSPS) is 12.3. The minimum absolute atomic E-state index is 0.0289. The SMILES string of the molecule is CCCN(C)CCC(C)CC.CCc1ccn2nc(-c3cccc(C(F)(F)F)n3)nc(Nc3ccncc3F)c12. The summed E-state index contributed by atoms with van der Waals surface area (Å²) >= 11 is 0. The number of fused-ring (bicyclic) bond motifs is 1. The van der Waals surface area contributed by atoms with Gasteiger partial charge in [0, 0.05) is 12.4 Å². The summed E-state index contributed by atoms with van der Waals surface area (Å²) in [5, 5.41) is 7.19. The van der Waals surface area contributed by atoms with E-state index in [0.29, 0.717) is 11.9 Å². The lowest BCUT2D eigenvalue weighted by Crippen LogP contribution is -2.21. The number of alkyl halides is 3.